The van der Waals surface area contributed by atoms with Crippen LogP contribution in [0.3, 0.4) is 0 Å². The van der Waals surface area contributed by atoms with Crippen LogP contribution >= 0.6 is 7.82 Å². The predicted molar refractivity (Wildman–Crippen MR) is 226 cm³/mol. The molecule has 0 radical (unpaired) electrons. The van der Waals surface area contributed by atoms with Gasteiger partial charge in [-0.15, -0.1) is 0 Å². The number of rotatable bonds is 36. The Morgan fingerprint density at radius 1 is 0.660 bits per heavy atom. The highest BCUT2D eigenvalue weighted by atomic mass is 31.2. The molecule has 3 unspecified atom stereocenters. The number of nitrogens with one attached hydrogen (secondary N) is 1. The van der Waals surface area contributed by atoms with Gasteiger partial charge in [0.2, 0.25) is 5.91 Å². The number of phosphoric acid groups is 1. The smallest absolute Gasteiger partial charge is 0.387 e. The molecule has 53 heavy (non-hydrogen) atoms. The summed E-state index contributed by atoms with van der Waals surface area (Å²) >= 11 is 0. The number of carbonyl (C=O) groups is 1. The molecule has 0 aliphatic heterocycles. The summed E-state index contributed by atoms with van der Waals surface area (Å²) in [6.45, 7) is 4.61. The molecule has 9 heteroatoms. The Morgan fingerprint density at radius 2 is 1.15 bits per heavy atom. The first kappa shape index (κ1) is 50.9. The van der Waals surface area contributed by atoms with E-state index in [-0.39, 0.29) is 19.1 Å². The monoisotopic (exact) mass is 764 g/mol. The van der Waals surface area contributed by atoms with Gasteiger partial charge in [-0.3, -0.25) is 13.8 Å². The molecule has 1 amide bonds. The highest BCUT2D eigenvalue weighted by Gasteiger charge is 2.27. The molecule has 0 bridgehead atoms. The Hall–Kier alpha value is -2.06. The fourth-order valence-corrected chi connectivity index (χ4v) is 6.06. The molecule has 0 spiro atoms. The van der Waals surface area contributed by atoms with Crippen molar-refractivity contribution < 1.29 is 32.9 Å². The van der Waals surface area contributed by atoms with Gasteiger partial charge in [0.05, 0.1) is 39.9 Å². The number of carbonyl (C=O) groups excluding carboxylic acids is 1. The minimum Gasteiger partial charge on any atom is -0.387 e. The maximum Gasteiger partial charge on any atom is 0.472 e. The zero-order valence-electron chi connectivity index (χ0n) is 34.5. The first-order chi connectivity index (χ1) is 25.5. The zero-order valence-corrected chi connectivity index (χ0v) is 35.4. The largest absolute Gasteiger partial charge is 0.472 e. The van der Waals surface area contributed by atoms with Crippen LogP contribution in [0.15, 0.2) is 72.9 Å². The third-order valence-corrected chi connectivity index (χ3v) is 9.62. The number of hydrogen-bond donors (Lipinski definition) is 3. The Balaban J connectivity index is 4.44. The number of aliphatic hydroxyl groups is 1. The first-order valence-electron chi connectivity index (χ1n) is 20.8. The van der Waals surface area contributed by atoms with Crippen LogP contribution in [0.1, 0.15) is 149 Å². The number of phosphoric ester groups is 1. The molecular weight excluding hydrogens is 683 g/mol. The Kier molecular flexibility index (Phi) is 34.2. The number of allylic oxidation sites excluding steroid dienone is 11. The maximum atomic E-state index is 12.8. The fraction of sp³-hybridized carbons (Fsp3) is 0.705. The van der Waals surface area contributed by atoms with Crippen LogP contribution in [-0.2, 0) is 18.4 Å². The summed E-state index contributed by atoms with van der Waals surface area (Å²) in [6.07, 6.45) is 47.0. The summed E-state index contributed by atoms with van der Waals surface area (Å²) in [5, 5.41) is 13.7. The van der Waals surface area contributed by atoms with Crippen molar-refractivity contribution in [3.8, 4) is 0 Å². The number of amides is 1. The Morgan fingerprint density at radius 3 is 1.72 bits per heavy atom. The molecule has 0 rings (SSSR count). The number of quaternary nitrogens is 1. The average molecular weight is 764 g/mol. The van der Waals surface area contributed by atoms with Crippen LogP contribution in [0.2, 0.25) is 0 Å². The van der Waals surface area contributed by atoms with Crippen LogP contribution in [-0.4, -0.2) is 73.4 Å². The van der Waals surface area contributed by atoms with Gasteiger partial charge in [-0.05, 0) is 77.0 Å². The molecule has 0 aliphatic carbocycles. The molecule has 0 saturated heterocycles. The molecule has 3 atom stereocenters. The second kappa shape index (κ2) is 35.6. The third kappa shape index (κ3) is 38.0. The van der Waals surface area contributed by atoms with Crippen molar-refractivity contribution in [2.45, 2.75) is 161 Å². The lowest BCUT2D eigenvalue weighted by Gasteiger charge is -2.25. The molecule has 8 nitrogen and oxygen atoms in total. The van der Waals surface area contributed by atoms with E-state index in [0.29, 0.717) is 17.4 Å². The molecule has 0 aromatic carbocycles. The van der Waals surface area contributed by atoms with Crippen LogP contribution in [0, 0.1) is 0 Å². The number of nitrogens with zero attached hydrogens (tertiary/aromatic N) is 1. The van der Waals surface area contributed by atoms with E-state index in [1.807, 2.05) is 27.2 Å². The second-order valence-corrected chi connectivity index (χ2v) is 16.4. The molecular formula is C44H80N2O6P+. The Labute approximate surface area is 325 Å². The average Bonchev–Trinajstić information content (AvgIpc) is 3.10. The van der Waals surface area contributed by atoms with Crippen LogP contribution in [0.4, 0.5) is 0 Å². The maximum absolute atomic E-state index is 12.8. The normalized spacial score (nSPS) is 15.2. The van der Waals surface area contributed by atoms with Crippen molar-refractivity contribution >= 4 is 13.7 Å². The van der Waals surface area contributed by atoms with E-state index in [9.17, 15) is 19.4 Å². The first-order valence-corrected chi connectivity index (χ1v) is 22.3. The van der Waals surface area contributed by atoms with Gasteiger partial charge in [-0.25, -0.2) is 4.57 Å². The second-order valence-electron chi connectivity index (χ2n) is 15.0. The minimum atomic E-state index is -4.35. The van der Waals surface area contributed by atoms with E-state index in [2.05, 4.69) is 79.9 Å². The lowest BCUT2D eigenvalue weighted by Crippen LogP contribution is -2.45. The molecule has 0 aromatic rings. The fourth-order valence-electron chi connectivity index (χ4n) is 5.32. The van der Waals surface area contributed by atoms with Crippen LogP contribution in [0.5, 0.6) is 0 Å². The molecule has 0 heterocycles. The van der Waals surface area contributed by atoms with Gasteiger partial charge >= 0.3 is 7.82 Å². The van der Waals surface area contributed by atoms with E-state index >= 15 is 0 Å². The molecule has 0 aliphatic rings. The van der Waals surface area contributed by atoms with Gasteiger partial charge < -0.3 is 19.8 Å². The standard InChI is InChI=1S/C44H79N2O6P/c1-6-8-10-12-14-16-18-19-20-21-22-23-24-25-26-27-28-30-32-34-36-38-44(48)45-42(41-52-53(49,50)51-40-39-46(3,4)5)43(47)37-35-33-31-29-17-15-13-11-9-7-2/h9,11,17-19,21-22,24-25,29,35,37,42-43,47H,6-8,10,12-16,20,23,26-28,30-34,36,38-41H2,1-5H3,(H-,45,48,49,50)/p+1/b11-9+,19-18-,22-21-,25-24-,29-17+,37-35+. The summed E-state index contributed by atoms with van der Waals surface area (Å²) in [6, 6.07) is -0.877. The lowest BCUT2D eigenvalue weighted by atomic mass is 10.1. The van der Waals surface area contributed by atoms with E-state index in [4.69, 9.17) is 9.05 Å². The summed E-state index contributed by atoms with van der Waals surface area (Å²) in [7, 11) is 1.52. The number of likely N-dealkylation sites (N-methyl/N-ethyl adjacent to an activating group) is 1. The van der Waals surface area contributed by atoms with Gasteiger partial charge in [0.25, 0.3) is 0 Å². The summed E-state index contributed by atoms with van der Waals surface area (Å²) < 4.78 is 23.4. The van der Waals surface area contributed by atoms with E-state index in [1.165, 1.54) is 51.4 Å². The van der Waals surface area contributed by atoms with Crippen LogP contribution in [0.25, 0.3) is 0 Å². The van der Waals surface area contributed by atoms with E-state index in [1.54, 1.807) is 6.08 Å². The van der Waals surface area contributed by atoms with Crippen molar-refractivity contribution in [2.24, 2.45) is 0 Å². The predicted octanol–water partition coefficient (Wildman–Crippen LogP) is 11.2. The van der Waals surface area contributed by atoms with Gasteiger partial charge in [-0.1, -0.05) is 138 Å². The van der Waals surface area contributed by atoms with Gasteiger partial charge in [0.15, 0.2) is 0 Å². The van der Waals surface area contributed by atoms with E-state index in [0.717, 1.165) is 77.0 Å². The highest BCUT2D eigenvalue weighted by molar-refractivity contribution is 7.47. The summed E-state index contributed by atoms with van der Waals surface area (Å²) in [5.41, 5.74) is 0. The van der Waals surface area contributed by atoms with Crippen molar-refractivity contribution in [1.29, 1.82) is 0 Å². The summed E-state index contributed by atoms with van der Waals surface area (Å²) in [4.78, 5) is 23.0. The van der Waals surface area contributed by atoms with Crippen LogP contribution < -0.4 is 5.32 Å². The molecule has 0 saturated carbocycles. The molecule has 306 valence electrons. The quantitative estimate of drug-likeness (QED) is 0.0254. The van der Waals surface area contributed by atoms with Crippen molar-refractivity contribution in [2.75, 3.05) is 40.9 Å². The van der Waals surface area contributed by atoms with Gasteiger partial charge in [0.1, 0.15) is 13.2 Å². The van der Waals surface area contributed by atoms with Gasteiger partial charge in [-0.2, -0.15) is 0 Å². The Bertz CT molecular complexity index is 1090. The zero-order chi connectivity index (χ0) is 39.3. The molecule has 0 fully saturated rings. The van der Waals surface area contributed by atoms with Crippen molar-refractivity contribution in [3.05, 3.63) is 72.9 Å². The third-order valence-electron chi connectivity index (χ3n) is 8.64. The number of aliphatic hydroxyl groups excluding tert-OH is 1. The number of hydrogen-bond acceptors (Lipinski definition) is 5. The molecule has 0 aromatic heterocycles. The van der Waals surface area contributed by atoms with E-state index < -0.39 is 20.0 Å². The highest BCUT2D eigenvalue weighted by Crippen LogP contribution is 2.43. The lowest BCUT2D eigenvalue weighted by molar-refractivity contribution is -0.870. The number of unbranched alkanes of at least 4 members (excludes halogenated alkanes) is 13. The minimum absolute atomic E-state index is 0.0467. The SMILES string of the molecule is CC/C=C/CC/C=C/CC/C=C/C(O)C(COP(=O)(O)OCC[N+](C)(C)C)NC(=O)CCCCCCCC/C=C\C/C=C\C/C=C\CCCCCCC. The molecule has 3 N–H and O–H groups in total. The van der Waals surface area contributed by atoms with Crippen molar-refractivity contribution in [3.63, 3.8) is 0 Å². The topological polar surface area (TPSA) is 105 Å². The van der Waals surface area contributed by atoms with Crippen molar-refractivity contribution in [1.82, 2.24) is 5.32 Å². The summed E-state index contributed by atoms with van der Waals surface area (Å²) in [5.74, 6) is -0.210. The van der Waals surface area contributed by atoms with Gasteiger partial charge in [0, 0.05) is 6.42 Å².